The molecule has 0 aliphatic carbocycles. The molecule has 0 bridgehead atoms. The molecule has 27 heavy (non-hydrogen) atoms. The maximum atomic E-state index is 12.6. The second kappa shape index (κ2) is 7.77. The van der Waals surface area contributed by atoms with Crippen LogP contribution in [0.25, 0.3) is 0 Å². The van der Waals surface area contributed by atoms with E-state index >= 15 is 0 Å². The van der Waals surface area contributed by atoms with Crippen LogP contribution < -0.4 is 5.32 Å². The summed E-state index contributed by atoms with van der Waals surface area (Å²) in [4.78, 5) is 32.1. The lowest BCUT2D eigenvalue weighted by Gasteiger charge is -2.42. The van der Waals surface area contributed by atoms with Crippen LogP contribution in [0.15, 0.2) is 23.8 Å². The number of likely N-dealkylation sites (tertiary alicyclic amines) is 1. The van der Waals surface area contributed by atoms with Crippen molar-refractivity contribution in [2.45, 2.75) is 25.5 Å². The van der Waals surface area contributed by atoms with Crippen LogP contribution in [0, 0.1) is 11.8 Å². The fourth-order valence-electron chi connectivity index (χ4n) is 3.81. The van der Waals surface area contributed by atoms with Crippen molar-refractivity contribution < 1.29 is 14.3 Å². The number of piperidine rings is 1. The van der Waals surface area contributed by atoms with Gasteiger partial charge in [0.2, 0.25) is 11.7 Å². The van der Waals surface area contributed by atoms with E-state index in [4.69, 9.17) is 4.74 Å². The van der Waals surface area contributed by atoms with Gasteiger partial charge < -0.3 is 15.0 Å². The zero-order valence-corrected chi connectivity index (χ0v) is 16.0. The lowest BCUT2D eigenvalue weighted by atomic mass is 9.83. The highest BCUT2D eigenvalue weighted by molar-refractivity contribution is 7.09. The quantitative estimate of drug-likeness (QED) is 0.845. The molecule has 2 aromatic heterocycles. The number of hydrogen-bond acceptors (Lipinski definition) is 6. The van der Waals surface area contributed by atoms with Crippen LogP contribution in [0.2, 0.25) is 0 Å². The fourth-order valence-corrected chi connectivity index (χ4v) is 4.45. The third-order valence-electron chi connectivity index (χ3n) is 5.23. The van der Waals surface area contributed by atoms with E-state index in [1.54, 1.807) is 23.3 Å². The number of aryl methyl sites for hydroxylation is 1. The fraction of sp³-hybridized carbons (Fsp3) is 0.556. The molecule has 1 N–H and O–H groups in total. The van der Waals surface area contributed by atoms with Crippen molar-refractivity contribution in [3.05, 3.63) is 34.5 Å². The van der Waals surface area contributed by atoms with Crippen LogP contribution in [0.1, 0.15) is 28.3 Å². The average Bonchev–Trinajstić information content (AvgIpc) is 3.36. The van der Waals surface area contributed by atoms with Gasteiger partial charge in [-0.3, -0.25) is 14.3 Å². The SMILES string of the molecule is Cn1cnc(C(=O)N2CC[C@H]3OC[C@@H](C(=O)NCc4cccs4)C[C@H]3C2)n1. The maximum Gasteiger partial charge on any atom is 0.293 e. The number of hydrogen-bond donors (Lipinski definition) is 1. The van der Waals surface area contributed by atoms with Crippen molar-refractivity contribution in [1.29, 1.82) is 0 Å². The molecule has 2 aliphatic heterocycles. The van der Waals surface area contributed by atoms with Gasteiger partial charge in [0.15, 0.2) is 0 Å². The van der Waals surface area contributed by atoms with Gasteiger partial charge >= 0.3 is 0 Å². The topological polar surface area (TPSA) is 89.4 Å². The second-order valence-electron chi connectivity index (χ2n) is 7.14. The van der Waals surface area contributed by atoms with E-state index in [0.717, 1.165) is 17.7 Å². The first kappa shape index (κ1) is 18.1. The number of rotatable bonds is 4. The minimum Gasteiger partial charge on any atom is -0.377 e. The summed E-state index contributed by atoms with van der Waals surface area (Å²) in [7, 11) is 1.74. The summed E-state index contributed by atoms with van der Waals surface area (Å²) in [5.41, 5.74) is 0. The Hall–Kier alpha value is -2.26. The van der Waals surface area contributed by atoms with Crippen molar-refractivity contribution in [2.75, 3.05) is 19.7 Å². The van der Waals surface area contributed by atoms with Crippen LogP contribution >= 0.6 is 11.3 Å². The van der Waals surface area contributed by atoms with Crippen molar-refractivity contribution in [3.63, 3.8) is 0 Å². The molecule has 4 heterocycles. The van der Waals surface area contributed by atoms with Gasteiger partial charge in [0.05, 0.1) is 25.2 Å². The number of nitrogens with one attached hydrogen (secondary N) is 1. The number of aromatic nitrogens is 3. The molecule has 0 aromatic carbocycles. The summed E-state index contributed by atoms with van der Waals surface area (Å²) < 4.78 is 7.48. The molecule has 144 valence electrons. The highest BCUT2D eigenvalue weighted by Crippen LogP contribution is 2.32. The van der Waals surface area contributed by atoms with Crippen LogP contribution in [0.3, 0.4) is 0 Å². The van der Waals surface area contributed by atoms with Crippen LogP contribution in [-0.2, 0) is 23.1 Å². The Morgan fingerprint density at radius 2 is 2.33 bits per heavy atom. The largest absolute Gasteiger partial charge is 0.377 e. The lowest BCUT2D eigenvalue weighted by molar-refractivity contribution is -0.138. The van der Waals surface area contributed by atoms with E-state index in [0.29, 0.717) is 26.2 Å². The summed E-state index contributed by atoms with van der Waals surface area (Å²) in [5, 5.41) is 9.10. The van der Waals surface area contributed by atoms with Crippen molar-refractivity contribution in [2.24, 2.45) is 18.9 Å². The zero-order valence-electron chi connectivity index (χ0n) is 15.2. The van der Waals surface area contributed by atoms with Crippen molar-refractivity contribution >= 4 is 23.2 Å². The molecule has 2 fully saturated rings. The second-order valence-corrected chi connectivity index (χ2v) is 8.18. The Kier molecular flexibility index (Phi) is 5.22. The molecule has 9 heteroatoms. The molecule has 2 amide bonds. The number of carbonyl (C=O) groups excluding carboxylic acids is 2. The van der Waals surface area contributed by atoms with E-state index in [1.165, 1.54) is 11.0 Å². The van der Waals surface area contributed by atoms with Gasteiger partial charge in [-0.25, -0.2) is 4.98 Å². The van der Waals surface area contributed by atoms with E-state index < -0.39 is 0 Å². The number of amides is 2. The van der Waals surface area contributed by atoms with Gasteiger partial charge in [0, 0.05) is 30.9 Å². The molecule has 2 aromatic rings. The number of carbonyl (C=O) groups is 2. The van der Waals surface area contributed by atoms with Crippen LogP contribution in [0.5, 0.6) is 0 Å². The average molecular weight is 389 g/mol. The van der Waals surface area contributed by atoms with Crippen molar-refractivity contribution in [1.82, 2.24) is 25.0 Å². The van der Waals surface area contributed by atoms with E-state index in [2.05, 4.69) is 15.4 Å². The summed E-state index contributed by atoms with van der Waals surface area (Å²) in [6, 6.07) is 3.99. The highest BCUT2D eigenvalue weighted by Gasteiger charge is 2.39. The van der Waals surface area contributed by atoms with Gasteiger partial charge in [0.1, 0.15) is 6.33 Å². The van der Waals surface area contributed by atoms with E-state index in [-0.39, 0.29) is 35.6 Å². The number of fused-ring (bicyclic) bond motifs is 1. The number of nitrogens with zero attached hydrogens (tertiary/aromatic N) is 4. The van der Waals surface area contributed by atoms with Gasteiger partial charge in [-0.15, -0.1) is 16.4 Å². The number of thiophene rings is 1. The normalized spacial score (nSPS) is 25.1. The third-order valence-corrected chi connectivity index (χ3v) is 6.11. The minimum atomic E-state index is -0.172. The van der Waals surface area contributed by atoms with E-state index in [1.807, 2.05) is 17.5 Å². The first-order chi connectivity index (χ1) is 13.1. The molecular formula is C18H23N5O3S. The Morgan fingerprint density at radius 1 is 1.44 bits per heavy atom. The summed E-state index contributed by atoms with van der Waals surface area (Å²) >= 11 is 1.63. The standard InChI is InChI=1S/C18H23N5O3S/c1-22-11-20-16(21-22)18(25)23-5-4-15-12(9-23)7-13(10-26-15)17(24)19-8-14-3-2-6-27-14/h2-3,6,11-13,15H,4-5,7-10H2,1H3,(H,19,24)/t12-,13-,15+/m0/s1. The summed E-state index contributed by atoms with van der Waals surface area (Å²) in [6.07, 6.45) is 3.16. The lowest BCUT2D eigenvalue weighted by Crippen LogP contribution is -2.52. The monoisotopic (exact) mass is 389 g/mol. The molecule has 2 saturated heterocycles. The van der Waals surface area contributed by atoms with Crippen LogP contribution in [0.4, 0.5) is 0 Å². The Morgan fingerprint density at radius 3 is 3.07 bits per heavy atom. The summed E-state index contributed by atoms with van der Waals surface area (Å²) in [6.45, 7) is 2.22. The molecule has 0 spiro atoms. The summed E-state index contributed by atoms with van der Waals surface area (Å²) in [5.74, 6) is 0.0832. The van der Waals surface area contributed by atoms with Crippen molar-refractivity contribution in [3.8, 4) is 0 Å². The molecule has 8 nitrogen and oxygen atoms in total. The smallest absolute Gasteiger partial charge is 0.293 e. The molecule has 0 radical (unpaired) electrons. The van der Waals surface area contributed by atoms with Gasteiger partial charge in [-0.2, -0.15) is 0 Å². The molecule has 3 atom stereocenters. The highest BCUT2D eigenvalue weighted by atomic mass is 32.1. The third kappa shape index (κ3) is 4.03. The predicted octanol–water partition coefficient (Wildman–Crippen LogP) is 1.06. The minimum absolute atomic E-state index is 0.0247. The van der Waals surface area contributed by atoms with Crippen LogP contribution in [-0.4, -0.2) is 57.3 Å². The predicted molar refractivity (Wildman–Crippen MR) is 99.0 cm³/mol. The Bertz CT molecular complexity index is 806. The molecule has 0 saturated carbocycles. The Labute approximate surface area is 161 Å². The van der Waals surface area contributed by atoms with Gasteiger partial charge in [0.25, 0.3) is 5.91 Å². The number of ether oxygens (including phenoxy) is 1. The molecule has 4 rings (SSSR count). The maximum absolute atomic E-state index is 12.6. The first-order valence-corrected chi connectivity index (χ1v) is 10.0. The van der Waals surface area contributed by atoms with E-state index in [9.17, 15) is 9.59 Å². The molecular weight excluding hydrogens is 366 g/mol. The van der Waals surface area contributed by atoms with Gasteiger partial charge in [-0.05, 0) is 24.3 Å². The Balaban J connectivity index is 1.34. The zero-order chi connectivity index (χ0) is 18.8. The molecule has 0 unspecified atom stereocenters. The molecule has 2 aliphatic rings. The first-order valence-electron chi connectivity index (χ1n) is 9.17. The van der Waals surface area contributed by atoms with Gasteiger partial charge in [-0.1, -0.05) is 6.07 Å².